The molecule has 6 rings (SSSR count). The number of aromatic nitrogens is 6. The average molecular weight is 547 g/mol. The fraction of sp³-hybridized carbons (Fsp3) is 0.100. The van der Waals surface area contributed by atoms with Gasteiger partial charge in [0.05, 0.1) is 35.6 Å². The molecule has 0 saturated carbocycles. The van der Waals surface area contributed by atoms with Gasteiger partial charge in [-0.3, -0.25) is 18.8 Å². The Balaban J connectivity index is 1.47. The Hall–Kier alpha value is -5.76. The van der Waals surface area contributed by atoms with Gasteiger partial charge in [-0.05, 0) is 36.6 Å². The highest BCUT2D eigenvalue weighted by Crippen LogP contribution is 2.24. The molecule has 3 N–H and O–H groups in total. The molecular weight excluding hydrogens is 523 g/mol. The van der Waals surface area contributed by atoms with Gasteiger partial charge in [0.2, 0.25) is 0 Å². The Bertz CT molecular complexity index is 2080. The van der Waals surface area contributed by atoms with Crippen LogP contribution >= 0.6 is 0 Å². The third-order valence-corrected chi connectivity index (χ3v) is 6.62. The summed E-state index contributed by atoms with van der Waals surface area (Å²) >= 11 is 0. The van der Waals surface area contributed by atoms with Crippen LogP contribution in [0, 0.1) is 17.7 Å². The Labute approximate surface area is 232 Å². The number of para-hydroxylation sites is 1. The fourth-order valence-electron chi connectivity index (χ4n) is 4.76. The molecule has 6 aromatic rings. The summed E-state index contributed by atoms with van der Waals surface area (Å²) in [6.07, 6.45) is 5.53. The van der Waals surface area contributed by atoms with Crippen molar-refractivity contribution in [2.75, 3.05) is 5.73 Å². The van der Waals surface area contributed by atoms with Crippen LogP contribution in [-0.4, -0.2) is 34.9 Å². The molecule has 0 bridgehead atoms. The number of hydrogen-bond acceptors (Lipinski definition) is 6. The number of pyridine rings is 1. The summed E-state index contributed by atoms with van der Waals surface area (Å²) in [5.41, 5.74) is 8.30. The third kappa shape index (κ3) is 4.68. The molecule has 0 radical (unpaired) electrons. The van der Waals surface area contributed by atoms with Crippen molar-refractivity contribution in [3.05, 3.63) is 118 Å². The normalized spacial score (nSPS) is 11.8. The van der Waals surface area contributed by atoms with E-state index >= 15 is 0 Å². The number of rotatable bonds is 4. The number of halogens is 1. The minimum Gasteiger partial charge on any atom is -0.381 e. The molecule has 1 amide bonds. The lowest BCUT2D eigenvalue weighted by Crippen LogP contribution is -2.32. The van der Waals surface area contributed by atoms with E-state index < -0.39 is 17.8 Å². The van der Waals surface area contributed by atoms with Crippen molar-refractivity contribution in [3.63, 3.8) is 0 Å². The Kier molecular flexibility index (Phi) is 6.28. The van der Waals surface area contributed by atoms with Gasteiger partial charge in [-0.2, -0.15) is 5.10 Å². The summed E-state index contributed by atoms with van der Waals surface area (Å²) in [5.74, 6) is 4.92. The topological polar surface area (TPSA) is 125 Å². The molecule has 1 atom stereocenters. The van der Waals surface area contributed by atoms with Crippen molar-refractivity contribution in [3.8, 4) is 17.5 Å². The highest BCUT2D eigenvalue weighted by Gasteiger charge is 2.24. The van der Waals surface area contributed by atoms with Gasteiger partial charge in [0.1, 0.15) is 5.56 Å². The standard InChI is InChI=1S/C30H23FN8O2/c1-18(35-29(40)26-27(32)36-38-17-22(31)15-33-28(26)38)24-13-21-8-6-7-20(12-11-19-14-34-37(2)16-19)25(21)30(41)39(24)23-9-4-3-5-10-23/h3-10,13-18H,1-2H3,(H2,32,36)(H,35,40)/t18-/m0/s1. The first-order chi connectivity index (χ1) is 19.8. The largest absolute Gasteiger partial charge is 0.381 e. The van der Waals surface area contributed by atoms with Crippen LogP contribution in [0.1, 0.15) is 40.1 Å². The van der Waals surface area contributed by atoms with Gasteiger partial charge in [0.15, 0.2) is 17.3 Å². The molecule has 0 spiro atoms. The zero-order chi connectivity index (χ0) is 28.7. The number of anilines is 1. The maximum absolute atomic E-state index is 14.2. The van der Waals surface area contributed by atoms with E-state index in [2.05, 4.69) is 32.3 Å². The monoisotopic (exact) mass is 546 g/mol. The van der Waals surface area contributed by atoms with Crippen molar-refractivity contribution in [1.82, 2.24) is 34.3 Å². The van der Waals surface area contributed by atoms with Crippen LogP contribution in [0.15, 0.2) is 84.2 Å². The predicted octanol–water partition coefficient (Wildman–Crippen LogP) is 3.38. The number of nitrogens with zero attached hydrogens (tertiary/aromatic N) is 6. The number of aryl methyl sites for hydroxylation is 1. The zero-order valence-electron chi connectivity index (χ0n) is 22.0. The van der Waals surface area contributed by atoms with E-state index in [-0.39, 0.29) is 22.6 Å². The van der Waals surface area contributed by atoms with E-state index in [9.17, 15) is 14.0 Å². The Morgan fingerprint density at radius 1 is 1.07 bits per heavy atom. The summed E-state index contributed by atoms with van der Waals surface area (Å²) in [5, 5.41) is 12.2. The van der Waals surface area contributed by atoms with Crippen LogP contribution in [0.4, 0.5) is 10.2 Å². The molecule has 11 heteroatoms. The van der Waals surface area contributed by atoms with Gasteiger partial charge in [-0.1, -0.05) is 42.2 Å². The minimum atomic E-state index is -0.653. The number of amides is 1. The molecule has 0 aliphatic heterocycles. The van der Waals surface area contributed by atoms with E-state index in [0.717, 1.165) is 22.5 Å². The van der Waals surface area contributed by atoms with Gasteiger partial charge in [-0.15, -0.1) is 5.10 Å². The summed E-state index contributed by atoms with van der Waals surface area (Å²) in [6.45, 7) is 1.76. The van der Waals surface area contributed by atoms with E-state index in [1.807, 2.05) is 55.6 Å². The molecule has 0 saturated heterocycles. The molecule has 0 unspecified atom stereocenters. The number of nitrogen functional groups attached to an aromatic ring is 1. The number of nitrogens with two attached hydrogens (primary N) is 1. The lowest BCUT2D eigenvalue weighted by molar-refractivity contribution is 0.0941. The maximum atomic E-state index is 14.2. The van der Waals surface area contributed by atoms with Crippen LogP contribution < -0.4 is 16.6 Å². The van der Waals surface area contributed by atoms with Gasteiger partial charge in [0, 0.05) is 30.2 Å². The van der Waals surface area contributed by atoms with Crippen LogP contribution in [0.5, 0.6) is 0 Å². The molecule has 2 aromatic carbocycles. The summed E-state index contributed by atoms with van der Waals surface area (Å²) in [7, 11) is 1.81. The van der Waals surface area contributed by atoms with Crippen molar-refractivity contribution >= 4 is 28.1 Å². The third-order valence-electron chi connectivity index (χ3n) is 6.62. The first kappa shape index (κ1) is 25.5. The molecule has 4 aromatic heterocycles. The van der Waals surface area contributed by atoms with E-state index in [4.69, 9.17) is 5.73 Å². The Morgan fingerprint density at radius 2 is 1.88 bits per heavy atom. The van der Waals surface area contributed by atoms with Crippen LogP contribution in [-0.2, 0) is 7.05 Å². The second-order valence-corrected chi connectivity index (χ2v) is 9.46. The lowest BCUT2D eigenvalue weighted by Gasteiger charge is -2.21. The lowest BCUT2D eigenvalue weighted by atomic mass is 10.0. The van der Waals surface area contributed by atoms with Crippen molar-refractivity contribution in [1.29, 1.82) is 0 Å². The SMILES string of the molecule is C[C@H](NC(=O)c1c(N)nn2cc(F)cnc12)c1cc2cccc(C#Cc3cnn(C)c3)c2c(=O)n1-c1ccccc1. The number of fused-ring (bicyclic) bond motifs is 2. The van der Waals surface area contributed by atoms with Crippen molar-refractivity contribution < 1.29 is 9.18 Å². The molecule has 0 aliphatic carbocycles. The first-order valence-corrected chi connectivity index (χ1v) is 12.6. The molecule has 4 heterocycles. The second kappa shape index (κ2) is 10.1. The number of carbonyl (C=O) groups is 1. The van der Waals surface area contributed by atoms with Gasteiger partial charge < -0.3 is 11.1 Å². The quantitative estimate of drug-likeness (QED) is 0.327. The predicted molar refractivity (Wildman–Crippen MR) is 152 cm³/mol. The zero-order valence-corrected chi connectivity index (χ0v) is 22.0. The maximum Gasteiger partial charge on any atom is 0.264 e. The van der Waals surface area contributed by atoms with Crippen LogP contribution in [0.3, 0.4) is 0 Å². The summed E-state index contributed by atoms with van der Waals surface area (Å²) in [4.78, 5) is 31.5. The second-order valence-electron chi connectivity index (χ2n) is 9.46. The smallest absolute Gasteiger partial charge is 0.264 e. The van der Waals surface area contributed by atoms with E-state index in [1.165, 1.54) is 0 Å². The highest BCUT2D eigenvalue weighted by atomic mass is 19.1. The molecule has 10 nitrogen and oxygen atoms in total. The van der Waals surface area contributed by atoms with E-state index in [1.54, 1.807) is 34.6 Å². The minimum absolute atomic E-state index is 0.0132. The number of hydrogen-bond donors (Lipinski definition) is 2. The number of carbonyl (C=O) groups excluding carboxylic acids is 1. The summed E-state index contributed by atoms with van der Waals surface area (Å²) in [6, 6.07) is 15.8. The van der Waals surface area contributed by atoms with Gasteiger partial charge in [0.25, 0.3) is 11.5 Å². The molecule has 0 fully saturated rings. The summed E-state index contributed by atoms with van der Waals surface area (Å²) < 4.78 is 18.0. The Morgan fingerprint density at radius 3 is 2.63 bits per heavy atom. The molecule has 0 aliphatic rings. The molecule has 202 valence electrons. The molecular formula is C30H23FN8O2. The number of benzene rings is 2. The first-order valence-electron chi connectivity index (χ1n) is 12.6. The van der Waals surface area contributed by atoms with E-state index in [0.29, 0.717) is 27.7 Å². The van der Waals surface area contributed by atoms with Crippen LogP contribution in [0.2, 0.25) is 0 Å². The van der Waals surface area contributed by atoms with Crippen molar-refractivity contribution in [2.24, 2.45) is 7.05 Å². The fourth-order valence-corrected chi connectivity index (χ4v) is 4.76. The van der Waals surface area contributed by atoms with Gasteiger partial charge >= 0.3 is 0 Å². The highest BCUT2D eigenvalue weighted by molar-refractivity contribution is 6.04. The van der Waals surface area contributed by atoms with Gasteiger partial charge in [-0.25, -0.2) is 13.9 Å². The van der Waals surface area contributed by atoms with Crippen molar-refractivity contribution in [2.45, 2.75) is 13.0 Å². The number of nitrogens with one attached hydrogen (secondary N) is 1. The van der Waals surface area contributed by atoms with Crippen LogP contribution in [0.25, 0.3) is 22.1 Å². The average Bonchev–Trinajstić information content (AvgIpc) is 3.52. The molecule has 41 heavy (non-hydrogen) atoms.